The average molecular weight is 385 g/mol. The maximum atomic E-state index is 12.4. The first kappa shape index (κ1) is 20.1. The van der Waals surface area contributed by atoms with Gasteiger partial charge in [0.05, 0.1) is 26.5 Å². The average Bonchev–Trinajstić information content (AvgIpc) is 2.71. The molecular formula is C21H27N3O4. The van der Waals surface area contributed by atoms with Crippen LogP contribution in [0.1, 0.15) is 11.3 Å². The number of methoxy groups -OCH3 is 1. The van der Waals surface area contributed by atoms with E-state index in [-0.39, 0.29) is 23.6 Å². The molecule has 1 N–H and O–H groups in total. The molecule has 1 aliphatic rings. The molecule has 150 valence electrons. The summed E-state index contributed by atoms with van der Waals surface area (Å²) in [5.74, 6) is 0.146. The number of hydrogen-bond donors (Lipinski definition) is 1. The molecule has 1 saturated heterocycles. The number of amides is 1. The second-order valence-electron chi connectivity index (χ2n) is 6.80. The van der Waals surface area contributed by atoms with Crippen molar-refractivity contribution in [3.63, 3.8) is 0 Å². The van der Waals surface area contributed by atoms with Crippen molar-refractivity contribution in [3.05, 3.63) is 64.1 Å². The Morgan fingerprint density at radius 1 is 1.21 bits per heavy atom. The number of nitrogens with zero attached hydrogens (tertiary/aromatic N) is 2. The van der Waals surface area contributed by atoms with Crippen LogP contribution in [0.2, 0.25) is 0 Å². The molecule has 7 heteroatoms. The lowest BCUT2D eigenvalue weighted by Gasteiger charge is -2.27. The highest BCUT2D eigenvalue weighted by Gasteiger charge is 2.16. The minimum Gasteiger partial charge on any atom is -0.491 e. The summed E-state index contributed by atoms with van der Waals surface area (Å²) in [7, 11) is 1.46. The second-order valence-corrected chi connectivity index (χ2v) is 6.80. The number of pyridine rings is 1. The third-order valence-corrected chi connectivity index (χ3v) is 4.78. The molecule has 0 bridgehead atoms. The van der Waals surface area contributed by atoms with Crippen molar-refractivity contribution in [2.24, 2.45) is 0 Å². The van der Waals surface area contributed by atoms with E-state index < -0.39 is 0 Å². The number of benzene rings is 1. The lowest BCUT2D eigenvalue weighted by Crippen LogP contribution is -2.37. The summed E-state index contributed by atoms with van der Waals surface area (Å²) in [6, 6.07) is 11.6. The summed E-state index contributed by atoms with van der Waals surface area (Å²) in [6.07, 6.45) is 2.40. The molecular weight excluding hydrogens is 358 g/mol. The van der Waals surface area contributed by atoms with Gasteiger partial charge in [0, 0.05) is 37.9 Å². The van der Waals surface area contributed by atoms with Crippen molar-refractivity contribution < 1.29 is 14.3 Å². The minimum absolute atomic E-state index is 0.0927. The van der Waals surface area contributed by atoms with Gasteiger partial charge in [-0.2, -0.15) is 0 Å². The molecule has 0 aliphatic carbocycles. The quantitative estimate of drug-likeness (QED) is 0.735. The molecule has 3 rings (SSSR count). The summed E-state index contributed by atoms with van der Waals surface area (Å²) >= 11 is 0. The van der Waals surface area contributed by atoms with Gasteiger partial charge in [-0.15, -0.1) is 0 Å². The van der Waals surface area contributed by atoms with E-state index in [9.17, 15) is 9.59 Å². The summed E-state index contributed by atoms with van der Waals surface area (Å²) in [5.41, 5.74) is 1.80. The van der Waals surface area contributed by atoms with Crippen LogP contribution in [-0.2, 0) is 29.0 Å². The lowest BCUT2D eigenvalue weighted by molar-refractivity contribution is -0.121. The molecule has 1 fully saturated rings. The molecule has 1 amide bonds. The Morgan fingerprint density at radius 3 is 2.68 bits per heavy atom. The zero-order valence-electron chi connectivity index (χ0n) is 16.2. The Bertz CT molecular complexity index is 829. The molecule has 2 aromatic rings. The smallest absolute Gasteiger partial charge is 0.239 e. The molecule has 1 aliphatic heterocycles. The molecule has 1 aromatic heterocycles. The molecule has 0 unspecified atom stereocenters. The molecule has 28 heavy (non-hydrogen) atoms. The van der Waals surface area contributed by atoms with E-state index in [0.29, 0.717) is 26.3 Å². The van der Waals surface area contributed by atoms with Crippen molar-refractivity contribution in [2.75, 3.05) is 40.0 Å². The maximum Gasteiger partial charge on any atom is 0.239 e. The van der Waals surface area contributed by atoms with Crippen LogP contribution in [-0.4, -0.2) is 55.3 Å². The van der Waals surface area contributed by atoms with Crippen LogP contribution in [0, 0.1) is 0 Å². The van der Waals surface area contributed by atoms with Crippen molar-refractivity contribution in [1.29, 1.82) is 0 Å². The van der Waals surface area contributed by atoms with Gasteiger partial charge in [-0.3, -0.25) is 14.5 Å². The van der Waals surface area contributed by atoms with Gasteiger partial charge in [-0.1, -0.05) is 30.3 Å². The van der Waals surface area contributed by atoms with Gasteiger partial charge >= 0.3 is 0 Å². The van der Waals surface area contributed by atoms with Crippen molar-refractivity contribution in [2.45, 2.75) is 19.5 Å². The Balaban J connectivity index is 1.64. The fourth-order valence-electron chi connectivity index (χ4n) is 3.22. The lowest BCUT2D eigenvalue weighted by atomic mass is 10.1. The van der Waals surface area contributed by atoms with Gasteiger partial charge in [0.2, 0.25) is 11.3 Å². The fourth-order valence-corrected chi connectivity index (χ4v) is 3.22. The standard InChI is InChI=1S/C21H27N3O4/c1-27-20-15-24(16-21(26)22-8-7-17-5-3-2-4-6-17)18(13-19(20)25)14-23-9-11-28-12-10-23/h2-6,13,15H,7-12,14,16H2,1H3,(H,22,26). The normalized spacial score (nSPS) is 14.6. The van der Waals surface area contributed by atoms with Crippen LogP contribution in [0.25, 0.3) is 0 Å². The van der Waals surface area contributed by atoms with Gasteiger partial charge < -0.3 is 19.4 Å². The molecule has 0 saturated carbocycles. The SMILES string of the molecule is COc1cn(CC(=O)NCCc2ccccc2)c(CN2CCOCC2)cc1=O. The number of morpholine rings is 1. The van der Waals surface area contributed by atoms with Crippen LogP contribution in [0.4, 0.5) is 0 Å². The first-order valence-electron chi connectivity index (χ1n) is 9.54. The van der Waals surface area contributed by atoms with E-state index >= 15 is 0 Å². The summed E-state index contributed by atoms with van der Waals surface area (Å²) in [4.78, 5) is 26.9. The number of carbonyl (C=O) groups excluding carboxylic acids is 1. The van der Waals surface area contributed by atoms with Crippen LogP contribution >= 0.6 is 0 Å². The first-order valence-corrected chi connectivity index (χ1v) is 9.54. The Hall–Kier alpha value is -2.64. The Labute approximate surface area is 164 Å². The number of ether oxygens (including phenoxy) is 2. The number of aromatic nitrogens is 1. The van der Waals surface area contributed by atoms with Gasteiger partial charge in [-0.05, 0) is 12.0 Å². The zero-order valence-corrected chi connectivity index (χ0v) is 16.2. The molecule has 0 radical (unpaired) electrons. The predicted molar refractivity (Wildman–Crippen MR) is 107 cm³/mol. The number of carbonyl (C=O) groups is 1. The van der Waals surface area contributed by atoms with Crippen LogP contribution in [0.15, 0.2) is 47.4 Å². The number of nitrogens with one attached hydrogen (secondary N) is 1. The van der Waals surface area contributed by atoms with E-state index in [1.54, 1.807) is 16.8 Å². The first-order chi connectivity index (χ1) is 13.7. The highest BCUT2D eigenvalue weighted by molar-refractivity contribution is 5.75. The predicted octanol–water partition coefficient (Wildman–Crippen LogP) is 1.05. The molecule has 0 spiro atoms. The molecule has 2 heterocycles. The zero-order chi connectivity index (χ0) is 19.8. The van der Waals surface area contributed by atoms with Gasteiger partial charge in [-0.25, -0.2) is 0 Å². The highest BCUT2D eigenvalue weighted by atomic mass is 16.5. The van der Waals surface area contributed by atoms with Crippen molar-refractivity contribution >= 4 is 5.91 Å². The van der Waals surface area contributed by atoms with Gasteiger partial charge in [0.25, 0.3) is 0 Å². The summed E-state index contributed by atoms with van der Waals surface area (Å²) in [5, 5.41) is 2.95. The van der Waals surface area contributed by atoms with Crippen LogP contribution in [0.5, 0.6) is 5.75 Å². The maximum absolute atomic E-state index is 12.4. The van der Waals surface area contributed by atoms with E-state index in [0.717, 1.165) is 25.2 Å². The Kier molecular flexibility index (Phi) is 7.22. The fraction of sp³-hybridized carbons (Fsp3) is 0.429. The number of rotatable bonds is 8. The van der Waals surface area contributed by atoms with Gasteiger partial charge in [0.1, 0.15) is 6.54 Å². The van der Waals surface area contributed by atoms with Crippen molar-refractivity contribution in [3.8, 4) is 5.75 Å². The van der Waals surface area contributed by atoms with E-state index in [4.69, 9.17) is 9.47 Å². The minimum atomic E-state index is -0.175. The Morgan fingerprint density at radius 2 is 1.96 bits per heavy atom. The largest absolute Gasteiger partial charge is 0.491 e. The third kappa shape index (κ3) is 5.68. The molecule has 0 atom stereocenters. The topological polar surface area (TPSA) is 72.8 Å². The summed E-state index contributed by atoms with van der Waals surface area (Å²) in [6.45, 7) is 4.29. The van der Waals surface area contributed by atoms with E-state index in [2.05, 4.69) is 10.2 Å². The van der Waals surface area contributed by atoms with Crippen molar-refractivity contribution in [1.82, 2.24) is 14.8 Å². The third-order valence-electron chi connectivity index (χ3n) is 4.78. The van der Waals surface area contributed by atoms with Crippen LogP contribution in [0.3, 0.4) is 0 Å². The molecule has 7 nitrogen and oxygen atoms in total. The van der Waals surface area contributed by atoms with Crippen LogP contribution < -0.4 is 15.5 Å². The van der Waals surface area contributed by atoms with Gasteiger partial charge in [0.15, 0.2) is 5.75 Å². The summed E-state index contributed by atoms with van der Waals surface area (Å²) < 4.78 is 12.3. The molecule has 1 aromatic carbocycles. The van der Waals surface area contributed by atoms with E-state index in [1.807, 2.05) is 30.3 Å². The number of hydrogen-bond acceptors (Lipinski definition) is 5. The second kappa shape index (κ2) is 10.1. The van der Waals surface area contributed by atoms with E-state index in [1.165, 1.54) is 12.7 Å². The monoisotopic (exact) mass is 385 g/mol. The highest BCUT2D eigenvalue weighted by Crippen LogP contribution is 2.11.